The van der Waals surface area contributed by atoms with Gasteiger partial charge in [0, 0.05) is 24.8 Å². The van der Waals surface area contributed by atoms with Gasteiger partial charge in [0.15, 0.2) is 16.4 Å². The van der Waals surface area contributed by atoms with Gasteiger partial charge in [0.1, 0.15) is 0 Å². The highest BCUT2D eigenvalue weighted by molar-refractivity contribution is 7.91. The average Bonchev–Trinajstić information content (AvgIpc) is 3.36. The van der Waals surface area contributed by atoms with Crippen LogP contribution in [0.5, 0.6) is 0 Å². The molecule has 1 N–H and O–H groups in total. The predicted molar refractivity (Wildman–Crippen MR) is 93.2 cm³/mol. The fourth-order valence-corrected chi connectivity index (χ4v) is 4.92. The molecule has 1 aliphatic carbocycles. The zero-order valence-electron chi connectivity index (χ0n) is 14.1. The molecule has 0 aromatic heterocycles. The molecule has 1 aromatic rings. The second-order valence-corrected chi connectivity index (χ2v) is 8.69. The minimum atomic E-state index is -3.07. The van der Waals surface area contributed by atoms with Gasteiger partial charge in [-0.05, 0) is 31.4 Å². The lowest BCUT2D eigenvalue weighted by Gasteiger charge is -2.28. The standard InChI is InChI=1S/C17H22N2O5S/c1-18-15-5-3-2-4-14(15)17(21)24-10-16(20)19(12-6-7-12)13-8-9-25(22,23)11-13/h2-5,12-13,18H,6-11H2,1H3/t13-/m1/s1. The van der Waals surface area contributed by atoms with Crippen molar-refractivity contribution in [1.82, 2.24) is 4.90 Å². The van der Waals surface area contributed by atoms with Crippen LogP contribution in [0.3, 0.4) is 0 Å². The number of hydrogen-bond acceptors (Lipinski definition) is 6. The molecule has 2 fully saturated rings. The topological polar surface area (TPSA) is 92.8 Å². The van der Waals surface area contributed by atoms with E-state index in [1.165, 1.54) is 0 Å². The largest absolute Gasteiger partial charge is 0.452 e. The molecule has 1 heterocycles. The Morgan fingerprint density at radius 1 is 1.20 bits per heavy atom. The van der Waals surface area contributed by atoms with Gasteiger partial charge in [0.25, 0.3) is 5.91 Å². The van der Waals surface area contributed by atoms with E-state index in [0.717, 1.165) is 12.8 Å². The van der Waals surface area contributed by atoms with Gasteiger partial charge in [-0.25, -0.2) is 13.2 Å². The van der Waals surface area contributed by atoms with Crippen LogP contribution >= 0.6 is 0 Å². The summed E-state index contributed by atoms with van der Waals surface area (Å²) >= 11 is 0. The average molecular weight is 366 g/mol. The van der Waals surface area contributed by atoms with E-state index in [1.54, 1.807) is 36.2 Å². The van der Waals surface area contributed by atoms with Crippen LogP contribution in [0.25, 0.3) is 0 Å². The Labute approximate surface area is 147 Å². The van der Waals surface area contributed by atoms with Gasteiger partial charge in [-0.15, -0.1) is 0 Å². The number of anilines is 1. The summed E-state index contributed by atoms with van der Waals surface area (Å²) in [4.78, 5) is 26.4. The van der Waals surface area contributed by atoms with Crippen molar-refractivity contribution >= 4 is 27.4 Å². The summed E-state index contributed by atoms with van der Waals surface area (Å²) < 4.78 is 28.6. The summed E-state index contributed by atoms with van der Waals surface area (Å²) in [5, 5.41) is 2.91. The molecule has 0 unspecified atom stereocenters. The van der Waals surface area contributed by atoms with Crippen LogP contribution in [0.2, 0.25) is 0 Å². The molecule has 0 spiro atoms. The van der Waals surface area contributed by atoms with Gasteiger partial charge in [-0.3, -0.25) is 4.79 Å². The van der Waals surface area contributed by atoms with E-state index in [1.807, 2.05) is 0 Å². The lowest BCUT2D eigenvalue weighted by molar-refractivity contribution is -0.137. The number of nitrogens with zero attached hydrogens (tertiary/aromatic N) is 1. The SMILES string of the molecule is CNc1ccccc1C(=O)OCC(=O)N(C1CC1)[C@@H]1CCS(=O)(=O)C1. The van der Waals surface area contributed by atoms with Crippen molar-refractivity contribution in [2.75, 3.05) is 30.5 Å². The van der Waals surface area contributed by atoms with Gasteiger partial charge in [0.2, 0.25) is 0 Å². The highest BCUT2D eigenvalue weighted by Gasteiger charge is 2.42. The Balaban J connectivity index is 1.63. The van der Waals surface area contributed by atoms with Crippen LogP contribution in [0.15, 0.2) is 24.3 Å². The number of carbonyl (C=O) groups is 2. The van der Waals surface area contributed by atoms with Gasteiger partial charge < -0.3 is 15.0 Å². The van der Waals surface area contributed by atoms with E-state index < -0.39 is 15.8 Å². The molecule has 3 rings (SSSR count). The number of hydrogen-bond donors (Lipinski definition) is 1. The first-order valence-electron chi connectivity index (χ1n) is 8.37. The number of carbonyl (C=O) groups excluding carboxylic acids is 2. The maximum atomic E-state index is 12.6. The van der Waals surface area contributed by atoms with Crippen molar-refractivity contribution in [3.8, 4) is 0 Å². The number of amides is 1. The van der Waals surface area contributed by atoms with E-state index in [4.69, 9.17) is 4.74 Å². The van der Waals surface area contributed by atoms with Gasteiger partial charge in [-0.1, -0.05) is 12.1 Å². The van der Waals surface area contributed by atoms with E-state index in [0.29, 0.717) is 17.7 Å². The molecule has 7 nitrogen and oxygen atoms in total. The molecule has 2 aliphatic rings. The normalized spacial score (nSPS) is 21.6. The number of ether oxygens (including phenoxy) is 1. The molecule has 1 amide bonds. The molecular formula is C17H22N2O5S. The first-order chi connectivity index (χ1) is 11.9. The van der Waals surface area contributed by atoms with Crippen molar-refractivity contribution < 1.29 is 22.7 Å². The first-order valence-corrected chi connectivity index (χ1v) is 10.2. The second-order valence-electron chi connectivity index (χ2n) is 6.46. The smallest absolute Gasteiger partial charge is 0.340 e. The van der Waals surface area contributed by atoms with Crippen LogP contribution in [-0.2, 0) is 19.4 Å². The molecule has 136 valence electrons. The Morgan fingerprint density at radius 3 is 2.52 bits per heavy atom. The first kappa shape index (κ1) is 17.7. The van der Waals surface area contributed by atoms with Gasteiger partial charge in [0.05, 0.1) is 17.1 Å². The van der Waals surface area contributed by atoms with Crippen LogP contribution in [0, 0.1) is 0 Å². The molecule has 0 radical (unpaired) electrons. The van der Waals surface area contributed by atoms with Crippen molar-refractivity contribution in [3.05, 3.63) is 29.8 Å². The Hall–Kier alpha value is -2.09. The summed E-state index contributed by atoms with van der Waals surface area (Å²) in [6.45, 7) is -0.371. The zero-order valence-corrected chi connectivity index (χ0v) is 14.9. The number of nitrogens with one attached hydrogen (secondary N) is 1. The quantitative estimate of drug-likeness (QED) is 0.757. The summed E-state index contributed by atoms with van der Waals surface area (Å²) in [5.41, 5.74) is 0.986. The molecular weight excluding hydrogens is 344 g/mol. The van der Waals surface area contributed by atoms with Crippen LogP contribution < -0.4 is 5.32 Å². The minimum Gasteiger partial charge on any atom is -0.452 e. The monoisotopic (exact) mass is 366 g/mol. The molecule has 0 bridgehead atoms. The van der Waals surface area contributed by atoms with E-state index in [-0.39, 0.29) is 36.1 Å². The van der Waals surface area contributed by atoms with Crippen LogP contribution in [-0.4, -0.2) is 62.4 Å². The number of benzene rings is 1. The predicted octanol–water partition coefficient (Wildman–Crippen LogP) is 1.06. The third-order valence-corrected chi connectivity index (χ3v) is 6.32. The fourth-order valence-electron chi connectivity index (χ4n) is 3.21. The van der Waals surface area contributed by atoms with Crippen molar-refractivity contribution in [1.29, 1.82) is 0 Å². The van der Waals surface area contributed by atoms with E-state index in [9.17, 15) is 18.0 Å². The summed E-state index contributed by atoms with van der Waals surface area (Å²) in [6, 6.07) is 6.67. The van der Waals surface area contributed by atoms with Crippen LogP contribution in [0.4, 0.5) is 5.69 Å². The second kappa shape index (κ2) is 7.03. The maximum Gasteiger partial charge on any atom is 0.340 e. The summed E-state index contributed by atoms with van der Waals surface area (Å²) in [5.74, 6) is -0.775. The molecule has 1 aromatic carbocycles. The van der Waals surface area contributed by atoms with Crippen molar-refractivity contribution in [3.63, 3.8) is 0 Å². The zero-order chi connectivity index (χ0) is 18.0. The van der Waals surface area contributed by atoms with Gasteiger partial charge >= 0.3 is 5.97 Å². The molecule has 8 heteroatoms. The fraction of sp³-hybridized carbons (Fsp3) is 0.529. The number of sulfone groups is 1. The van der Waals surface area contributed by atoms with E-state index in [2.05, 4.69) is 5.32 Å². The molecule has 25 heavy (non-hydrogen) atoms. The third-order valence-electron chi connectivity index (χ3n) is 4.57. The van der Waals surface area contributed by atoms with Crippen molar-refractivity contribution in [2.45, 2.75) is 31.3 Å². The number of esters is 1. The number of rotatable bonds is 6. The Bertz CT molecular complexity index is 773. The molecule has 1 saturated heterocycles. The molecule has 1 atom stereocenters. The lowest BCUT2D eigenvalue weighted by atomic mass is 10.2. The summed E-state index contributed by atoms with van der Waals surface area (Å²) in [7, 11) is -1.37. The highest BCUT2D eigenvalue weighted by Crippen LogP contribution is 2.32. The highest BCUT2D eigenvalue weighted by atomic mass is 32.2. The van der Waals surface area contributed by atoms with Crippen LogP contribution in [0.1, 0.15) is 29.6 Å². The Morgan fingerprint density at radius 2 is 1.92 bits per heavy atom. The molecule has 1 aliphatic heterocycles. The van der Waals surface area contributed by atoms with Crippen molar-refractivity contribution in [2.24, 2.45) is 0 Å². The van der Waals surface area contributed by atoms with E-state index >= 15 is 0 Å². The number of para-hydroxylation sites is 1. The van der Waals surface area contributed by atoms with Gasteiger partial charge in [-0.2, -0.15) is 0 Å². The maximum absolute atomic E-state index is 12.6. The lowest BCUT2D eigenvalue weighted by Crippen LogP contribution is -2.44. The summed E-state index contributed by atoms with van der Waals surface area (Å²) in [6.07, 6.45) is 2.21. The molecule has 1 saturated carbocycles. The Kier molecular flexibility index (Phi) is 4.99. The third kappa shape index (κ3) is 4.12. The minimum absolute atomic E-state index is 0.00573.